The summed E-state index contributed by atoms with van der Waals surface area (Å²) < 4.78 is 41.0. The monoisotopic (exact) mass is 414 g/mol. The fourth-order valence-electron chi connectivity index (χ4n) is 2.53. The van der Waals surface area contributed by atoms with Crippen molar-refractivity contribution in [3.63, 3.8) is 0 Å². The molecule has 0 atom stereocenters. The molecule has 0 unspecified atom stereocenters. The lowest BCUT2D eigenvalue weighted by Crippen LogP contribution is -2.17. The van der Waals surface area contributed by atoms with Gasteiger partial charge in [-0.25, -0.2) is 17.6 Å². The number of sulfonamides is 1. The van der Waals surface area contributed by atoms with Gasteiger partial charge in [-0.2, -0.15) is 0 Å². The van der Waals surface area contributed by atoms with E-state index in [0.717, 1.165) is 12.1 Å². The molecule has 3 rings (SSSR count). The maximum Gasteiger partial charge on any atom is 0.337 e. The molecule has 9 heteroatoms. The number of hydrogen-bond donors (Lipinski definition) is 3. The van der Waals surface area contributed by atoms with Crippen LogP contribution in [0.4, 0.5) is 15.8 Å². The molecule has 7 nitrogen and oxygen atoms in total. The molecule has 0 aromatic heterocycles. The Kier molecular flexibility index (Phi) is 5.60. The highest BCUT2D eigenvalue weighted by Gasteiger charge is 2.19. The van der Waals surface area contributed by atoms with Gasteiger partial charge in [0.2, 0.25) is 0 Å². The van der Waals surface area contributed by atoms with E-state index < -0.39 is 27.7 Å². The van der Waals surface area contributed by atoms with E-state index in [0.29, 0.717) is 0 Å². The summed E-state index contributed by atoms with van der Waals surface area (Å²) >= 11 is 0. The summed E-state index contributed by atoms with van der Waals surface area (Å²) in [5.41, 5.74) is -0.270. The molecule has 0 spiro atoms. The van der Waals surface area contributed by atoms with Gasteiger partial charge in [0.25, 0.3) is 15.9 Å². The lowest BCUT2D eigenvalue weighted by molar-refractivity contribution is 0.0698. The number of carbonyl (C=O) groups excluding carboxylic acids is 1. The minimum Gasteiger partial charge on any atom is -0.478 e. The van der Waals surface area contributed by atoms with Crippen LogP contribution in [0.5, 0.6) is 0 Å². The van der Waals surface area contributed by atoms with Gasteiger partial charge in [0, 0.05) is 5.56 Å². The minimum atomic E-state index is -4.15. The van der Waals surface area contributed by atoms with Gasteiger partial charge in [0.15, 0.2) is 0 Å². The van der Waals surface area contributed by atoms with Crippen molar-refractivity contribution in [2.45, 2.75) is 4.90 Å². The summed E-state index contributed by atoms with van der Waals surface area (Å²) in [6, 6.07) is 16.2. The van der Waals surface area contributed by atoms with Crippen LogP contribution in [0.1, 0.15) is 20.7 Å². The third-order valence-corrected chi connectivity index (χ3v) is 5.29. The summed E-state index contributed by atoms with van der Waals surface area (Å²) in [6.45, 7) is 0. The highest BCUT2D eigenvalue weighted by molar-refractivity contribution is 7.92. The van der Waals surface area contributed by atoms with Crippen LogP contribution in [-0.4, -0.2) is 25.4 Å². The zero-order valence-corrected chi connectivity index (χ0v) is 15.6. The number of halogens is 1. The third kappa shape index (κ3) is 4.58. The summed E-state index contributed by atoms with van der Waals surface area (Å²) in [7, 11) is -4.15. The first-order valence-corrected chi connectivity index (χ1v) is 9.77. The SMILES string of the molecule is O=C(Nc1ccccc1C(=O)O)c1cccc(S(=O)(=O)Nc2ccccc2F)c1. The van der Waals surface area contributed by atoms with E-state index >= 15 is 0 Å². The number of hydrogen-bond acceptors (Lipinski definition) is 4. The lowest BCUT2D eigenvalue weighted by atomic mass is 10.1. The van der Waals surface area contributed by atoms with Crippen LogP contribution in [-0.2, 0) is 10.0 Å². The second-order valence-corrected chi connectivity index (χ2v) is 7.60. The summed E-state index contributed by atoms with van der Waals surface area (Å²) in [4.78, 5) is 23.5. The van der Waals surface area contributed by atoms with Gasteiger partial charge in [0.05, 0.1) is 21.8 Å². The van der Waals surface area contributed by atoms with Crippen LogP contribution in [0.3, 0.4) is 0 Å². The number of benzene rings is 3. The van der Waals surface area contributed by atoms with Crippen LogP contribution in [0.25, 0.3) is 0 Å². The Morgan fingerprint density at radius 2 is 1.52 bits per heavy atom. The fraction of sp³-hybridized carbons (Fsp3) is 0. The number of carboxylic acid groups (broad SMARTS) is 1. The average molecular weight is 414 g/mol. The number of carbonyl (C=O) groups is 2. The fourth-order valence-corrected chi connectivity index (χ4v) is 3.64. The molecule has 0 aliphatic rings. The second kappa shape index (κ2) is 8.11. The summed E-state index contributed by atoms with van der Waals surface area (Å²) in [5.74, 6) is -2.65. The maximum atomic E-state index is 13.7. The number of para-hydroxylation sites is 2. The lowest BCUT2D eigenvalue weighted by Gasteiger charge is -2.11. The maximum absolute atomic E-state index is 13.7. The summed E-state index contributed by atoms with van der Waals surface area (Å²) in [6.07, 6.45) is 0. The predicted molar refractivity (Wildman–Crippen MR) is 105 cm³/mol. The van der Waals surface area contributed by atoms with Gasteiger partial charge in [-0.1, -0.05) is 30.3 Å². The third-order valence-electron chi connectivity index (χ3n) is 3.93. The molecule has 148 valence electrons. The minimum absolute atomic E-state index is 0.0124. The standard InChI is InChI=1S/C20H15FN2O5S/c21-16-9-2-4-11-18(16)23-29(27,28)14-7-5-6-13(12-14)19(24)22-17-10-3-1-8-15(17)20(25)26/h1-12,23H,(H,22,24)(H,25,26). The predicted octanol–water partition coefficient (Wildman–Crippen LogP) is 3.58. The Balaban J connectivity index is 1.87. The average Bonchev–Trinajstić information content (AvgIpc) is 2.70. The molecule has 1 amide bonds. The highest BCUT2D eigenvalue weighted by Crippen LogP contribution is 2.21. The van der Waals surface area contributed by atoms with Gasteiger partial charge in [-0.05, 0) is 42.5 Å². The molecule has 0 bridgehead atoms. The molecule has 29 heavy (non-hydrogen) atoms. The Hall–Kier alpha value is -3.72. The van der Waals surface area contributed by atoms with Crippen LogP contribution < -0.4 is 10.0 Å². The number of anilines is 2. The van der Waals surface area contributed by atoms with E-state index in [9.17, 15) is 27.5 Å². The number of nitrogens with one attached hydrogen (secondary N) is 2. The smallest absolute Gasteiger partial charge is 0.337 e. The van der Waals surface area contributed by atoms with E-state index in [1.54, 1.807) is 6.07 Å². The molecule has 0 fully saturated rings. The molecular formula is C20H15FN2O5S. The molecule has 3 aromatic rings. The first kappa shape index (κ1) is 20.0. The van der Waals surface area contributed by atoms with Gasteiger partial charge in [0.1, 0.15) is 5.82 Å². The van der Waals surface area contributed by atoms with Crippen LogP contribution in [0.15, 0.2) is 77.7 Å². The molecule has 0 aliphatic heterocycles. The van der Waals surface area contributed by atoms with Gasteiger partial charge in [-0.15, -0.1) is 0 Å². The van der Waals surface area contributed by atoms with Crippen molar-refractivity contribution in [1.29, 1.82) is 0 Å². The van der Waals surface area contributed by atoms with Crippen LogP contribution >= 0.6 is 0 Å². The van der Waals surface area contributed by atoms with Crippen molar-refractivity contribution < 1.29 is 27.5 Å². The zero-order chi connectivity index (χ0) is 21.0. The molecule has 3 aromatic carbocycles. The Morgan fingerprint density at radius 3 is 2.21 bits per heavy atom. The molecule has 0 saturated carbocycles. The van der Waals surface area contributed by atoms with Gasteiger partial charge in [-0.3, -0.25) is 9.52 Å². The normalized spacial score (nSPS) is 10.9. The van der Waals surface area contributed by atoms with Crippen molar-refractivity contribution in [2.24, 2.45) is 0 Å². The van der Waals surface area contributed by atoms with Gasteiger partial charge < -0.3 is 10.4 Å². The van der Waals surface area contributed by atoms with Gasteiger partial charge >= 0.3 is 5.97 Å². The molecule has 0 radical (unpaired) electrons. The van der Waals surface area contributed by atoms with E-state index in [2.05, 4.69) is 10.0 Å². The zero-order valence-electron chi connectivity index (χ0n) is 14.8. The van der Waals surface area contributed by atoms with E-state index in [1.165, 1.54) is 54.6 Å². The van der Waals surface area contributed by atoms with Crippen LogP contribution in [0, 0.1) is 5.82 Å². The Bertz CT molecular complexity index is 1190. The molecule has 0 aliphatic carbocycles. The number of rotatable bonds is 6. The van der Waals surface area contributed by atoms with E-state index in [4.69, 9.17) is 0 Å². The van der Waals surface area contributed by atoms with Crippen molar-refractivity contribution in [3.05, 3.63) is 89.7 Å². The second-order valence-electron chi connectivity index (χ2n) is 5.92. The first-order valence-electron chi connectivity index (χ1n) is 8.29. The Morgan fingerprint density at radius 1 is 0.862 bits per heavy atom. The number of aromatic carboxylic acids is 1. The molecule has 3 N–H and O–H groups in total. The number of carboxylic acids is 1. The molecule has 0 saturated heterocycles. The Labute approximate surface area is 165 Å². The quantitative estimate of drug-likeness (QED) is 0.571. The van der Waals surface area contributed by atoms with E-state index in [-0.39, 0.29) is 27.4 Å². The van der Waals surface area contributed by atoms with Crippen molar-refractivity contribution >= 4 is 33.3 Å². The van der Waals surface area contributed by atoms with Crippen molar-refractivity contribution in [2.75, 3.05) is 10.0 Å². The highest BCUT2D eigenvalue weighted by atomic mass is 32.2. The number of amides is 1. The molecule has 0 heterocycles. The van der Waals surface area contributed by atoms with Crippen LogP contribution in [0.2, 0.25) is 0 Å². The topological polar surface area (TPSA) is 113 Å². The van der Waals surface area contributed by atoms with Crippen molar-refractivity contribution in [1.82, 2.24) is 0 Å². The largest absolute Gasteiger partial charge is 0.478 e. The van der Waals surface area contributed by atoms with Crippen molar-refractivity contribution in [3.8, 4) is 0 Å². The first-order chi connectivity index (χ1) is 13.8. The summed E-state index contributed by atoms with van der Waals surface area (Å²) in [5, 5.41) is 11.6. The van der Waals surface area contributed by atoms with E-state index in [1.807, 2.05) is 0 Å². The molecular weight excluding hydrogens is 399 g/mol.